The fourth-order valence-corrected chi connectivity index (χ4v) is 7.35. The molecule has 3 aromatic carbocycles. The van der Waals surface area contributed by atoms with Crippen LogP contribution in [0.5, 0.6) is 11.5 Å². The van der Waals surface area contributed by atoms with Crippen LogP contribution < -0.4 is 25.0 Å². The lowest BCUT2D eigenvalue weighted by molar-refractivity contribution is 0.102. The summed E-state index contributed by atoms with van der Waals surface area (Å²) in [5, 5.41) is 5.75. The van der Waals surface area contributed by atoms with E-state index < -0.39 is 34.3 Å². The van der Waals surface area contributed by atoms with Gasteiger partial charge in [-0.2, -0.15) is 0 Å². The Labute approximate surface area is 337 Å². The first kappa shape index (κ1) is 40.2. The van der Waals surface area contributed by atoms with Gasteiger partial charge in [0.1, 0.15) is 34.5 Å². The maximum atomic E-state index is 14.6. The summed E-state index contributed by atoms with van der Waals surface area (Å²) in [6, 6.07) is 19.8. The fraction of sp³-hybridized carbons (Fsp3) is 0.286. The summed E-state index contributed by atoms with van der Waals surface area (Å²) in [7, 11) is 0. The molecule has 13 nitrogen and oxygen atoms in total. The number of nitrogens with zero attached hydrogens (tertiary/aromatic N) is 6. The second-order valence-electron chi connectivity index (χ2n) is 14.0. The number of ether oxygens (including phenoxy) is 2. The minimum absolute atomic E-state index is 0.0606. The molecule has 3 aromatic heterocycles. The Morgan fingerprint density at radius 2 is 1.74 bits per heavy atom. The Balaban J connectivity index is 1.22. The van der Waals surface area contributed by atoms with E-state index in [0.29, 0.717) is 58.8 Å². The molecule has 4 heterocycles. The van der Waals surface area contributed by atoms with Crippen LogP contribution in [0.1, 0.15) is 36.7 Å². The monoisotopic (exact) mass is 810 g/mol. The van der Waals surface area contributed by atoms with E-state index in [-0.39, 0.29) is 23.2 Å². The highest BCUT2D eigenvalue weighted by Gasteiger charge is 2.24. The molecule has 1 aliphatic rings. The van der Waals surface area contributed by atoms with Crippen molar-refractivity contribution in [1.82, 2.24) is 24.3 Å². The minimum Gasteiger partial charge on any atom is -0.492 e. The van der Waals surface area contributed by atoms with Gasteiger partial charge in [0.2, 0.25) is 5.95 Å². The van der Waals surface area contributed by atoms with Crippen molar-refractivity contribution in [2.75, 3.05) is 60.6 Å². The van der Waals surface area contributed by atoms with E-state index in [1.165, 1.54) is 6.07 Å². The zero-order valence-corrected chi connectivity index (χ0v) is 33.4. The highest BCUT2D eigenvalue weighted by atomic mass is 32.2. The molecule has 3 N–H and O–H groups in total. The molecule has 16 heteroatoms. The van der Waals surface area contributed by atoms with Crippen LogP contribution in [0.3, 0.4) is 0 Å². The molecule has 0 aliphatic carbocycles. The molecule has 1 atom stereocenters. The number of hydrogen-bond acceptors (Lipinski definition) is 10. The molecule has 1 amide bonds. The van der Waals surface area contributed by atoms with Crippen molar-refractivity contribution < 1.29 is 31.8 Å². The zero-order chi connectivity index (χ0) is 40.9. The fourth-order valence-electron chi connectivity index (χ4n) is 6.93. The number of rotatable bonds is 14. The number of pyridine rings is 1. The first-order chi connectivity index (χ1) is 28.0. The Morgan fingerprint density at radius 1 is 0.966 bits per heavy atom. The number of carbonyl (C=O) groups is 1. The predicted molar refractivity (Wildman–Crippen MR) is 222 cm³/mol. The summed E-state index contributed by atoms with van der Waals surface area (Å²) in [4.78, 5) is 32.6. The molecule has 1 saturated heterocycles. The van der Waals surface area contributed by atoms with Gasteiger partial charge in [-0.3, -0.25) is 14.1 Å². The number of halogens is 2. The molecule has 1 fully saturated rings. The van der Waals surface area contributed by atoms with E-state index in [1.54, 1.807) is 30.5 Å². The Morgan fingerprint density at radius 3 is 2.47 bits per heavy atom. The molecule has 1 aliphatic heterocycles. The molecular formula is C42H44F2N8O5S. The molecule has 302 valence electrons. The third kappa shape index (κ3) is 8.93. The van der Waals surface area contributed by atoms with Gasteiger partial charge >= 0.3 is 0 Å². The van der Waals surface area contributed by atoms with Crippen LogP contribution in [0.15, 0.2) is 85.2 Å². The van der Waals surface area contributed by atoms with Crippen molar-refractivity contribution in [2.45, 2.75) is 33.8 Å². The van der Waals surface area contributed by atoms with Crippen molar-refractivity contribution in [2.24, 2.45) is 0 Å². The largest absolute Gasteiger partial charge is 0.492 e. The quantitative estimate of drug-likeness (QED) is 0.0937. The van der Waals surface area contributed by atoms with Gasteiger partial charge in [0.25, 0.3) is 5.91 Å². The van der Waals surface area contributed by atoms with Crippen LogP contribution in [-0.4, -0.2) is 90.1 Å². The zero-order valence-electron chi connectivity index (χ0n) is 32.5. The van der Waals surface area contributed by atoms with Crippen LogP contribution in [0.25, 0.3) is 28.3 Å². The van der Waals surface area contributed by atoms with Crippen LogP contribution in [0.4, 0.5) is 31.8 Å². The number of aryl methyl sites for hydroxylation is 1. The molecule has 58 heavy (non-hydrogen) atoms. The molecule has 6 aromatic rings. The van der Waals surface area contributed by atoms with E-state index in [0.717, 1.165) is 49.6 Å². The van der Waals surface area contributed by atoms with Gasteiger partial charge in [0.05, 0.1) is 46.8 Å². The van der Waals surface area contributed by atoms with Gasteiger partial charge in [0.15, 0.2) is 11.1 Å². The van der Waals surface area contributed by atoms with E-state index in [2.05, 4.69) is 25.4 Å². The third-order valence-electron chi connectivity index (χ3n) is 9.63. The number of piperazine rings is 1. The Bertz CT molecular complexity index is 2450. The van der Waals surface area contributed by atoms with Gasteiger partial charge < -0.3 is 29.6 Å². The Hall–Kier alpha value is -5.97. The Kier molecular flexibility index (Phi) is 12.3. The number of para-hydroxylation sites is 1. The van der Waals surface area contributed by atoms with E-state index in [4.69, 9.17) is 19.4 Å². The molecule has 1 unspecified atom stereocenters. The summed E-state index contributed by atoms with van der Waals surface area (Å²) < 4.78 is 63.6. The number of hydrogen-bond donors (Lipinski definition) is 3. The average molecular weight is 811 g/mol. The minimum atomic E-state index is -1.81. The highest BCUT2D eigenvalue weighted by Crippen LogP contribution is 2.38. The summed E-state index contributed by atoms with van der Waals surface area (Å²) in [5.41, 5.74) is 5.06. The molecular weight excluding hydrogens is 767 g/mol. The first-order valence-corrected chi connectivity index (χ1v) is 20.2. The van der Waals surface area contributed by atoms with Gasteiger partial charge in [-0.05, 0) is 87.9 Å². The predicted octanol–water partition coefficient (Wildman–Crippen LogP) is 7.57. The van der Waals surface area contributed by atoms with Gasteiger partial charge in [0, 0.05) is 62.4 Å². The molecule has 0 bridgehead atoms. The van der Waals surface area contributed by atoms with Crippen molar-refractivity contribution in [3.63, 3.8) is 0 Å². The van der Waals surface area contributed by atoms with Gasteiger partial charge in [-0.1, -0.05) is 12.1 Å². The summed E-state index contributed by atoms with van der Waals surface area (Å²) in [6.45, 7) is 11.7. The van der Waals surface area contributed by atoms with Gasteiger partial charge in [-0.15, -0.1) is 0 Å². The lowest BCUT2D eigenvalue weighted by Gasteiger charge is -2.37. The molecule has 0 spiro atoms. The number of amides is 1. The first-order valence-electron chi connectivity index (χ1n) is 18.9. The second-order valence-corrected chi connectivity index (χ2v) is 15.0. The van der Waals surface area contributed by atoms with Crippen molar-refractivity contribution >= 4 is 45.6 Å². The van der Waals surface area contributed by atoms with Crippen LogP contribution in [-0.2, 0) is 11.1 Å². The van der Waals surface area contributed by atoms with E-state index >= 15 is 0 Å². The van der Waals surface area contributed by atoms with E-state index in [1.807, 2.05) is 68.6 Å². The lowest BCUT2D eigenvalue weighted by Crippen LogP contribution is -2.47. The van der Waals surface area contributed by atoms with Crippen molar-refractivity contribution in [1.29, 1.82) is 0 Å². The lowest BCUT2D eigenvalue weighted by atomic mass is 10.0. The maximum Gasteiger partial charge on any atom is 0.259 e. The highest BCUT2D eigenvalue weighted by molar-refractivity contribution is 7.79. The molecule has 0 radical (unpaired) electrons. The van der Waals surface area contributed by atoms with E-state index in [9.17, 15) is 22.3 Å². The second kappa shape index (κ2) is 17.7. The maximum absolute atomic E-state index is 14.6. The van der Waals surface area contributed by atoms with Crippen LogP contribution >= 0.6 is 0 Å². The third-order valence-corrected chi connectivity index (χ3v) is 10.2. The molecule has 0 saturated carbocycles. The number of aromatic nitrogens is 4. The SMILES string of the molecule is CCOc1cc(N2CCN(CCS(=O)O)CC2)c(C)cc1Nc1nccc(-c2c(-c3ccc(OC(C)C)c(C(=O)Nc4c(F)cccc4F)c3)nc3ccccn23)n1. The van der Waals surface area contributed by atoms with Crippen molar-refractivity contribution in [3.8, 4) is 34.1 Å². The number of fused-ring (bicyclic) bond motifs is 1. The van der Waals surface area contributed by atoms with Crippen molar-refractivity contribution in [3.05, 3.63) is 108 Å². The normalized spacial score (nSPS) is 13.8. The smallest absolute Gasteiger partial charge is 0.259 e. The van der Waals surface area contributed by atoms with Gasteiger partial charge in [-0.25, -0.2) is 27.9 Å². The van der Waals surface area contributed by atoms with Crippen LogP contribution in [0, 0.1) is 18.6 Å². The number of benzene rings is 3. The number of nitrogens with one attached hydrogen (secondary N) is 2. The number of carbonyl (C=O) groups excluding carboxylic acids is 1. The van der Waals surface area contributed by atoms with Crippen LogP contribution in [0.2, 0.25) is 0 Å². The number of imidazole rings is 1. The molecule has 7 rings (SSSR count). The standard InChI is InChI=1S/C42H44F2N8O5S/c1-5-56-36-25-34(51-19-17-50(18-20-51)21-22-58(54)55)27(4)23-33(36)47-42-45-15-14-32(46-42)40-38(48-37-11-6-7-16-52(37)40)28-12-13-35(57-26(2)3)29(24-28)41(53)49-39-30(43)9-8-10-31(39)44/h6-16,23-26H,5,17-22H2,1-4H3,(H,49,53)(H,54,55)(H,45,46,47). The number of anilines is 4. The summed E-state index contributed by atoms with van der Waals surface area (Å²) in [6.07, 6.45) is 3.21. The summed E-state index contributed by atoms with van der Waals surface area (Å²) in [5.74, 6) is -1.16. The topological polar surface area (TPSA) is 146 Å². The average Bonchev–Trinajstić information content (AvgIpc) is 3.59. The summed E-state index contributed by atoms with van der Waals surface area (Å²) >= 11 is -1.81.